The third-order valence-electron chi connectivity index (χ3n) is 5.63. The van der Waals surface area contributed by atoms with Crippen molar-refractivity contribution in [3.05, 3.63) is 34.9 Å². The fourth-order valence-corrected chi connectivity index (χ4v) is 4.41. The summed E-state index contributed by atoms with van der Waals surface area (Å²) >= 11 is 6.48. The number of hydrogen-bond donors (Lipinski definition) is 1. The van der Waals surface area contributed by atoms with Crippen molar-refractivity contribution < 1.29 is 9.53 Å². The first-order valence-electron chi connectivity index (χ1n) is 8.92. The molecule has 2 aliphatic heterocycles. The first kappa shape index (κ1) is 17.7. The number of benzene rings is 1. The van der Waals surface area contributed by atoms with Gasteiger partial charge in [-0.15, -0.1) is 0 Å². The van der Waals surface area contributed by atoms with Crippen LogP contribution in [0.4, 0.5) is 0 Å². The predicted octanol–water partition coefficient (Wildman–Crippen LogP) is 2.97. The maximum Gasteiger partial charge on any atom is 0.233 e. The number of nitrogens with two attached hydrogens (primary N) is 1. The van der Waals surface area contributed by atoms with E-state index >= 15 is 0 Å². The number of ether oxygens (including phenoxy) is 1. The zero-order valence-corrected chi connectivity index (χ0v) is 15.1. The summed E-state index contributed by atoms with van der Waals surface area (Å²) in [7, 11) is 0. The maximum absolute atomic E-state index is 13.6. The molecule has 0 aromatic heterocycles. The molecule has 3 rings (SSSR count). The van der Waals surface area contributed by atoms with Gasteiger partial charge in [-0.05, 0) is 50.2 Å². The Kier molecular flexibility index (Phi) is 5.48. The fourth-order valence-electron chi connectivity index (χ4n) is 4.09. The molecule has 2 heterocycles. The van der Waals surface area contributed by atoms with Gasteiger partial charge in [-0.3, -0.25) is 4.79 Å². The molecule has 2 atom stereocenters. The van der Waals surface area contributed by atoms with Gasteiger partial charge < -0.3 is 15.4 Å². The van der Waals surface area contributed by atoms with Gasteiger partial charge >= 0.3 is 0 Å². The number of halogens is 1. The van der Waals surface area contributed by atoms with Crippen LogP contribution in [0.5, 0.6) is 0 Å². The summed E-state index contributed by atoms with van der Waals surface area (Å²) in [5.74, 6) is 0.579. The predicted molar refractivity (Wildman–Crippen MR) is 96.1 cm³/mol. The highest BCUT2D eigenvalue weighted by Gasteiger charge is 2.46. The number of hydrogen-bond acceptors (Lipinski definition) is 3. The van der Waals surface area contributed by atoms with E-state index in [-0.39, 0.29) is 11.9 Å². The Morgan fingerprint density at radius 2 is 2.08 bits per heavy atom. The van der Waals surface area contributed by atoms with Gasteiger partial charge in [0.2, 0.25) is 5.91 Å². The number of likely N-dealkylation sites (tertiary alicyclic amines) is 1. The van der Waals surface area contributed by atoms with Crippen molar-refractivity contribution >= 4 is 17.5 Å². The summed E-state index contributed by atoms with van der Waals surface area (Å²) in [5.41, 5.74) is 6.48. The van der Waals surface area contributed by atoms with E-state index in [0.717, 1.165) is 31.5 Å². The lowest BCUT2D eigenvalue weighted by Gasteiger charge is -2.43. The Morgan fingerprint density at radius 3 is 2.75 bits per heavy atom. The monoisotopic (exact) mass is 350 g/mol. The number of nitrogens with zero attached hydrogens (tertiary/aromatic N) is 1. The highest BCUT2D eigenvalue weighted by Crippen LogP contribution is 2.41. The van der Waals surface area contributed by atoms with Gasteiger partial charge in [0.05, 0.1) is 5.41 Å². The van der Waals surface area contributed by atoms with E-state index in [1.165, 1.54) is 0 Å². The van der Waals surface area contributed by atoms with Crippen molar-refractivity contribution in [1.82, 2.24) is 4.90 Å². The second kappa shape index (κ2) is 7.42. The van der Waals surface area contributed by atoms with Crippen LogP contribution in [-0.4, -0.2) is 43.2 Å². The Morgan fingerprint density at radius 1 is 1.38 bits per heavy atom. The van der Waals surface area contributed by atoms with E-state index in [9.17, 15) is 4.79 Å². The van der Waals surface area contributed by atoms with Gasteiger partial charge in [-0.25, -0.2) is 0 Å². The second-order valence-electron chi connectivity index (χ2n) is 7.19. The van der Waals surface area contributed by atoms with E-state index in [2.05, 4.69) is 0 Å². The molecule has 0 aliphatic carbocycles. The number of carbonyl (C=O) groups excluding carboxylic acids is 1. The lowest BCUT2D eigenvalue weighted by atomic mass is 9.72. The van der Waals surface area contributed by atoms with Gasteiger partial charge in [0, 0.05) is 37.4 Å². The third-order valence-corrected chi connectivity index (χ3v) is 5.96. The molecule has 2 N–H and O–H groups in total. The standard InChI is InChI=1S/C19H27ClN2O2/c1-14(21)15-5-4-10-22(13-15)18(23)19(8-11-24-12-9-19)16-6-2-3-7-17(16)20/h2-3,6-7,14-15H,4-5,8-13,21H2,1H3/t14-,15+/m1/s1. The van der Waals surface area contributed by atoms with E-state index in [4.69, 9.17) is 22.1 Å². The summed E-state index contributed by atoms with van der Waals surface area (Å²) < 4.78 is 5.55. The van der Waals surface area contributed by atoms with Crippen LogP contribution in [0, 0.1) is 5.92 Å². The molecule has 5 heteroatoms. The summed E-state index contributed by atoms with van der Waals surface area (Å²) in [6, 6.07) is 7.87. The Bertz CT molecular complexity index is 584. The van der Waals surface area contributed by atoms with Crippen LogP contribution >= 0.6 is 11.6 Å². The molecule has 0 unspecified atom stereocenters. The van der Waals surface area contributed by atoms with E-state index in [1.54, 1.807) is 0 Å². The van der Waals surface area contributed by atoms with Crippen LogP contribution in [0.1, 0.15) is 38.2 Å². The minimum Gasteiger partial charge on any atom is -0.381 e. The lowest BCUT2D eigenvalue weighted by Crippen LogP contribution is -2.54. The van der Waals surface area contributed by atoms with E-state index < -0.39 is 5.41 Å². The van der Waals surface area contributed by atoms with Gasteiger partial charge in [0.1, 0.15) is 0 Å². The molecule has 0 radical (unpaired) electrons. The van der Waals surface area contributed by atoms with E-state index in [0.29, 0.717) is 37.0 Å². The van der Waals surface area contributed by atoms with Crippen molar-refractivity contribution in [2.45, 2.75) is 44.1 Å². The smallest absolute Gasteiger partial charge is 0.233 e. The van der Waals surface area contributed by atoms with Crippen LogP contribution in [0.2, 0.25) is 5.02 Å². The molecule has 1 aromatic carbocycles. The van der Waals surface area contributed by atoms with E-state index in [1.807, 2.05) is 36.1 Å². The first-order valence-corrected chi connectivity index (χ1v) is 9.30. The summed E-state index contributed by atoms with van der Waals surface area (Å²) in [6.45, 7) is 4.80. The summed E-state index contributed by atoms with van der Waals surface area (Å²) in [4.78, 5) is 15.6. The Hall–Kier alpha value is -1.10. The SMILES string of the molecule is C[C@@H](N)[C@H]1CCCN(C(=O)C2(c3ccccc3Cl)CCOCC2)C1. The van der Waals surface area contributed by atoms with Crippen molar-refractivity contribution in [1.29, 1.82) is 0 Å². The molecule has 2 fully saturated rings. The quantitative estimate of drug-likeness (QED) is 0.911. The number of rotatable bonds is 3. The molecule has 132 valence electrons. The zero-order chi connectivity index (χ0) is 17.2. The van der Waals surface area contributed by atoms with Crippen molar-refractivity contribution in [3.63, 3.8) is 0 Å². The average Bonchev–Trinajstić information content (AvgIpc) is 2.62. The van der Waals surface area contributed by atoms with Crippen LogP contribution in [0.15, 0.2) is 24.3 Å². The van der Waals surface area contributed by atoms with Crippen LogP contribution in [-0.2, 0) is 14.9 Å². The molecule has 0 saturated carbocycles. The largest absolute Gasteiger partial charge is 0.381 e. The van der Waals surface area contributed by atoms with Crippen LogP contribution in [0.3, 0.4) is 0 Å². The summed E-state index contributed by atoms with van der Waals surface area (Å²) in [5, 5.41) is 0.675. The average molecular weight is 351 g/mol. The molecule has 1 amide bonds. The molecule has 0 bridgehead atoms. The van der Waals surface area contributed by atoms with Crippen LogP contribution < -0.4 is 5.73 Å². The summed E-state index contributed by atoms with van der Waals surface area (Å²) in [6.07, 6.45) is 3.50. The number of carbonyl (C=O) groups is 1. The Balaban J connectivity index is 1.91. The molecule has 0 spiro atoms. The minimum absolute atomic E-state index is 0.117. The normalized spacial score (nSPS) is 25.3. The highest BCUT2D eigenvalue weighted by molar-refractivity contribution is 6.31. The number of piperidine rings is 1. The first-order chi connectivity index (χ1) is 11.5. The topological polar surface area (TPSA) is 55.6 Å². The van der Waals surface area contributed by atoms with Crippen molar-refractivity contribution in [2.24, 2.45) is 11.7 Å². The lowest BCUT2D eigenvalue weighted by molar-refractivity contribution is -0.143. The third kappa shape index (κ3) is 3.32. The van der Waals surface area contributed by atoms with Gasteiger partial charge in [0.25, 0.3) is 0 Å². The number of amides is 1. The van der Waals surface area contributed by atoms with Crippen molar-refractivity contribution in [3.8, 4) is 0 Å². The molecule has 2 saturated heterocycles. The molecular weight excluding hydrogens is 324 g/mol. The molecule has 2 aliphatic rings. The Labute approximate surface area is 149 Å². The molecule has 4 nitrogen and oxygen atoms in total. The van der Waals surface area contributed by atoms with Crippen molar-refractivity contribution in [2.75, 3.05) is 26.3 Å². The highest BCUT2D eigenvalue weighted by atomic mass is 35.5. The minimum atomic E-state index is -0.559. The van der Waals surface area contributed by atoms with Gasteiger partial charge in [-0.1, -0.05) is 29.8 Å². The fraction of sp³-hybridized carbons (Fsp3) is 0.632. The zero-order valence-electron chi connectivity index (χ0n) is 14.3. The molecule has 1 aromatic rings. The molecule has 24 heavy (non-hydrogen) atoms. The van der Waals surface area contributed by atoms with Gasteiger partial charge in [-0.2, -0.15) is 0 Å². The van der Waals surface area contributed by atoms with Crippen LogP contribution in [0.25, 0.3) is 0 Å². The van der Waals surface area contributed by atoms with Gasteiger partial charge in [0.15, 0.2) is 0 Å². The maximum atomic E-state index is 13.6. The molecular formula is C19H27ClN2O2. The second-order valence-corrected chi connectivity index (χ2v) is 7.59.